The van der Waals surface area contributed by atoms with Gasteiger partial charge in [0.15, 0.2) is 5.65 Å². The van der Waals surface area contributed by atoms with Crippen molar-refractivity contribution in [3.05, 3.63) is 29.7 Å². The number of amides is 1. The SMILES string of the molecule is CCNC(=O)c1cnn2c([C@@H]3CCCN(CC4CCCC4)C3)ccnc12. The van der Waals surface area contributed by atoms with E-state index in [0.29, 0.717) is 23.7 Å². The Kier molecular flexibility index (Phi) is 5.20. The molecular formula is C20H29N5O. The van der Waals surface area contributed by atoms with Crippen LogP contribution in [0.5, 0.6) is 0 Å². The van der Waals surface area contributed by atoms with E-state index in [2.05, 4.69) is 26.4 Å². The summed E-state index contributed by atoms with van der Waals surface area (Å²) in [7, 11) is 0. The highest BCUT2D eigenvalue weighted by Crippen LogP contribution is 2.31. The van der Waals surface area contributed by atoms with Gasteiger partial charge in [-0.05, 0) is 51.1 Å². The summed E-state index contributed by atoms with van der Waals surface area (Å²) < 4.78 is 1.88. The molecule has 0 bridgehead atoms. The summed E-state index contributed by atoms with van der Waals surface area (Å²) in [5, 5.41) is 7.35. The first-order valence-corrected chi connectivity index (χ1v) is 10.1. The number of carbonyl (C=O) groups excluding carboxylic acids is 1. The van der Waals surface area contributed by atoms with Crippen molar-refractivity contribution in [1.82, 2.24) is 24.8 Å². The highest BCUT2D eigenvalue weighted by atomic mass is 16.1. The Hall–Kier alpha value is -1.95. The van der Waals surface area contributed by atoms with Crippen LogP contribution in [0, 0.1) is 5.92 Å². The molecule has 2 aromatic heterocycles. The predicted molar refractivity (Wildman–Crippen MR) is 101 cm³/mol. The molecule has 1 aliphatic carbocycles. The quantitative estimate of drug-likeness (QED) is 0.896. The normalized spacial score (nSPS) is 22.1. The third-order valence-corrected chi connectivity index (χ3v) is 5.93. The number of hydrogen-bond acceptors (Lipinski definition) is 4. The number of rotatable bonds is 5. The second-order valence-corrected chi connectivity index (χ2v) is 7.77. The van der Waals surface area contributed by atoms with Crippen LogP contribution in [-0.4, -0.2) is 51.6 Å². The van der Waals surface area contributed by atoms with Gasteiger partial charge in [-0.15, -0.1) is 0 Å². The molecule has 2 fully saturated rings. The lowest BCUT2D eigenvalue weighted by Gasteiger charge is -2.34. The van der Waals surface area contributed by atoms with E-state index in [0.717, 1.165) is 12.5 Å². The maximum atomic E-state index is 12.2. The first-order chi connectivity index (χ1) is 12.8. The minimum Gasteiger partial charge on any atom is -0.352 e. The standard InChI is InChI=1S/C20H29N5O/c1-2-21-20(26)17-12-23-25-18(9-10-22-19(17)25)16-8-5-11-24(14-16)13-15-6-3-4-7-15/h9-10,12,15-16H,2-8,11,13-14H2,1H3,(H,21,26)/t16-/m1/s1. The third-order valence-electron chi connectivity index (χ3n) is 5.93. The van der Waals surface area contributed by atoms with Gasteiger partial charge in [0.05, 0.1) is 11.9 Å². The van der Waals surface area contributed by atoms with Crippen molar-refractivity contribution < 1.29 is 4.79 Å². The molecule has 6 heteroatoms. The highest BCUT2D eigenvalue weighted by molar-refractivity contribution is 5.99. The van der Waals surface area contributed by atoms with E-state index in [1.807, 2.05) is 17.6 Å². The van der Waals surface area contributed by atoms with Gasteiger partial charge in [-0.1, -0.05) is 12.8 Å². The first kappa shape index (κ1) is 17.5. The van der Waals surface area contributed by atoms with Gasteiger partial charge in [0, 0.05) is 31.7 Å². The van der Waals surface area contributed by atoms with E-state index < -0.39 is 0 Å². The van der Waals surface area contributed by atoms with Crippen molar-refractivity contribution in [2.24, 2.45) is 5.92 Å². The number of piperidine rings is 1. The summed E-state index contributed by atoms with van der Waals surface area (Å²) in [6.45, 7) is 6.07. The second kappa shape index (κ2) is 7.74. The second-order valence-electron chi connectivity index (χ2n) is 7.77. The van der Waals surface area contributed by atoms with Gasteiger partial charge in [-0.25, -0.2) is 9.50 Å². The lowest BCUT2D eigenvalue weighted by Crippen LogP contribution is -2.37. The highest BCUT2D eigenvalue weighted by Gasteiger charge is 2.27. The largest absolute Gasteiger partial charge is 0.352 e. The molecule has 1 N–H and O–H groups in total. The smallest absolute Gasteiger partial charge is 0.256 e. The Morgan fingerprint density at radius 3 is 2.92 bits per heavy atom. The van der Waals surface area contributed by atoms with E-state index in [-0.39, 0.29) is 5.91 Å². The van der Waals surface area contributed by atoms with Crippen LogP contribution in [0.2, 0.25) is 0 Å². The molecule has 1 atom stereocenters. The number of nitrogens with one attached hydrogen (secondary N) is 1. The molecule has 1 saturated heterocycles. The fourth-order valence-electron chi connectivity index (χ4n) is 4.66. The van der Waals surface area contributed by atoms with Crippen molar-refractivity contribution in [3.63, 3.8) is 0 Å². The third kappa shape index (κ3) is 3.47. The van der Waals surface area contributed by atoms with E-state index in [1.165, 1.54) is 57.3 Å². The van der Waals surface area contributed by atoms with Crippen molar-refractivity contribution in [1.29, 1.82) is 0 Å². The number of likely N-dealkylation sites (tertiary alicyclic amines) is 1. The first-order valence-electron chi connectivity index (χ1n) is 10.1. The van der Waals surface area contributed by atoms with Crippen molar-refractivity contribution >= 4 is 11.6 Å². The van der Waals surface area contributed by atoms with Gasteiger partial charge in [0.2, 0.25) is 0 Å². The van der Waals surface area contributed by atoms with Gasteiger partial charge in [0.1, 0.15) is 5.56 Å². The number of hydrogen-bond donors (Lipinski definition) is 1. The van der Waals surface area contributed by atoms with Crippen molar-refractivity contribution in [2.45, 2.75) is 51.4 Å². The van der Waals surface area contributed by atoms with Crippen LogP contribution >= 0.6 is 0 Å². The fourth-order valence-corrected chi connectivity index (χ4v) is 4.66. The minimum absolute atomic E-state index is 0.0985. The van der Waals surface area contributed by atoms with Crippen molar-refractivity contribution in [2.75, 3.05) is 26.2 Å². The number of nitrogens with zero attached hydrogens (tertiary/aromatic N) is 4. The molecule has 3 heterocycles. The molecule has 1 aliphatic heterocycles. The van der Waals surface area contributed by atoms with E-state index in [4.69, 9.17) is 0 Å². The zero-order chi connectivity index (χ0) is 17.9. The maximum Gasteiger partial charge on any atom is 0.256 e. The summed E-state index contributed by atoms with van der Waals surface area (Å²) in [6.07, 6.45) is 11.5. The van der Waals surface area contributed by atoms with Crippen LogP contribution in [0.1, 0.15) is 67.4 Å². The molecule has 6 nitrogen and oxygen atoms in total. The molecule has 1 saturated carbocycles. The van der Waals surface area contributed by atoms with Gasteiger partial charge < -0.3 is 10.2 Å². The molecule has 4 rings (SSSR count). The molecule has 140 valence electrons. The Morgan fingerprint density at radius 1 is 1.27 bits per heavy atom. The molecular weight excluding hydrogens is 326 g/mol. The molecule has 2 aliphatic rings. The molecule has 0 aromatic carbocycles. The predicted octanol–water partition coefficient (Wildman–Crippen LogP) is 2.85. The zero-order valence-electron chi connectivity index (χ0n) is 15.7. The maximum absolute atomic E-state index is 12.2. The van der Waals surface area contributed by atoms with Crippen LogP contribution in [0.15, 0.2) is 18.5 Å². The lowest BCUT2D eigenvalue weighted by molar-refractivity contribution is 0.0957. The summed E-state index contributed by atoms with van der Waals surface area (Å²) in [5.41, 5.74) is 2.41. The van der Waals surface area contributed by atoms with Crippen LogP contribution in [0.3, 0.4) is 0 Å². The topological polar surface area (TPSA) is 62.5 Å². The van der Waals surface area contributed by atoms with Crippen LogP contribution in [0.4, 0.5) is 0 Å². The Bertz CT molecular complexity index is 765. The van der Waals surface area contributed by atoms with Gasteiger partial charge in [0.25, 0.3) is 5.91 Å². The van der Waals surface area contributed by atoms with Crippen LogP contribution in [0.25, 0.3) is 5.65 Å². The summed E-state index contributed by atoms with van der Waals surface area (Å²) in [4.78, 5) is 19.3. The van der Waals surface area contributed by atoms with E-state index >= 15 is 0 Å². The molecule has 0 radical (unpaired) electrons. The van der Waals surface area contributed by atoms with Crippen LogP contribution in [-0.2, 0) is 0 Å². The number of carbonyl (C=O) groups is 1. The fraction of sp³-hybridized carbons (Fsp3) is 0.650. The van der Waals surface area contributed by atoms with Gasteiger partial charge in [-0.2, -0.15) is 5.10 Å². The average Bonchev–Trinajstić information content (AvgIpc) is 3.31. The summed E-state index contributed by atoms with van der Waals surface area (Å²) in [6, 6.07) is 2.07. The summed E-state index contributed by atoms with van der Waals surface area (Å²) in [5.74, 6) is 1.25. The molecule has 26 heavy (non-hydrogen) atoms. The van der Waals surface area contributed by atoms with Gasteiger partial charge >= 0.3 is 0 Å². The Labute approximate surface area is 155 Å². The molecule has 0 spiro atoms. The number of fused-ring (bicyclic) bond motifs is 1. The van der Waals surface area contributed by atoms with Crippen LogP contribution < -0.4 is 5.32 Å². The zero-order valence-corrected chi connectivity index (χ0v) is 15.7. The summed E-state index contributed by atoms with van der Waals surface area (Å²) >= 11 is 0. The molecule has 0 unspecified atom stereocenters. The molecule has 1 amide bonds. The monoisotopic (exact) mass is 355 g/mol. The Balaban J connectivity index is 1.54. The van der Waals surface area contributed by atoms with E-state index in [1.54, 1.807) is 6.20 Å². The van der Waals surface area contributed by atoms with E-state index in [9.17, 15) is 4.79 Å². The minimum atomic E-state index is -0.0985. The lowest BCUT2D eigenvalue weighted by atomic mass is 9.93. The van der Waals surface area contributed by atoms with Crippen molar-refractivity contribution in [3.8, 4) is 0 Å². The Morgan fingerprint density at radius 2 is 2.12 bits per heavy atom. The average molecular weight is 355 g/mol. The molecule has 2 aromatic rings. The van der Waals surface area contributed by atoms with Gasteiger partial charge in [-0.3, -0.25) is 4.79 Å². The number of aromatic nitrogens is 3.